The molecule has 0 N–H and O–H groups in total. The normalized spacial score (nSPS) is 9.10. The molecule has 0 fully saturated rings. The van der Waals surface area contributed by atoms with Crippen LogP contribution in [-0.2, 0) is 10.6 Å². The van der Waals surface area contributed by atoms with E-state index in [9.17, 15) is 0 Å². The van der Waals surface area contributed by atoms with E-state index in [-0.39, 0.29) is 0 Å². The third kappa shape index (κ3) is 8.24. The molecule has 2 heterocycles. The van der Waals surface area contributed by atoms with Crippen LogP contribution in [0.4, 0.5) is 0 Å². The van der Waals surface area contributed by atoms with Crippen LogP contribution in [0.3, 0.4) is 0 Å². The van der Waals surface area contributed by atoms with Gasteiger partial charge in [0, 0.05) is 19.5 Å². The summed E-state index contributed by atoms with van der Waals surface area (Å²) in [5.74, 6) is 0. The minimum Gasteiger partial charge on any atom is -0.146 e. The minimum absolute atomic E-state index is 1.42. The first-order chi connectivity index (χ1) is 9.13. The Hall–Kier alpha value is -0.980. The van der Waals surface area contributed by atoms with Gasteiger partial charge in [0.25, 0.3) is 0 Å². The van der Waals surface area contributed by atoms with Crippen LogP contribution < -0.4 is 0 Å². The van der Waals surface area contributed by atoms with Crippen LogP contribution in [0.2, 0.25) is 0 Å². The zero-order valence-corrected chi connectivity index (χ0v) is 15.1. The Morgan fingerprint density at radius 1 is 0.700 bits per heavy atom. The van der Waals surface area contributed by atoms with Crippen LogP contribution in [0.5, 0.6) is 0 Å². The van der Waals surface area contributed by atoms with Gasteiger partial charge in [-0.1, -0.05) is 0 Å². The summed E-state index contributed by atoms with van der Waals surface area (Å²) >= 11 is 3.74. The van der Waals surface area contributed by atoms with E-state index in [1.807, 2.05) is 22.7 Å². The Morgan fingerprint density at radius 3 is 1.00 bits per heavy atom. The van der Waals surface area contributed by atoms with Crippen LogP contribution in [0.25, 0.3) is 0 Å². The second-order valence-electron chi connectivity index (χ2n) is 4.40. The summed E-state index contributed by atoms with van der Waals surface area (Å²) in [4.78, 5) is 5.73. The fourth-order valence-corrected chi connectivity index (χ4v) is 3.39. The first-order valence-corrected chi connectivity index (χ1v) is 8.60. The van der Waals surface area contributed by atoms with Gasteiger partial charge in [0.05, 0.1) is 0 Å². The van der Waals surface area contributed by atoms with Crippen molar-refractivity contribution >= 4 is 33.3 Å². The summed E-state index contributed by atoms with van der Waals surface area (Å²) in [6.07, 6.45) is 0. The zero-order chi connectivity index (χ0) is 15.9. The topological polar surface area (TPSA) is 51.2 Å². The lowest BCUT2D eigenvalue weighted by Crippen LogP contribution is -1.62. The number of rotatable bonds is 0. The van der Waals surface area contributed by atoms with Crippen molar-refractivity contribution in [3.05, 3.63) is 42.8 Å². The molecule has 0 aliphatic carbocycles. The maximum atomic E-state index is 8.44. The molecule has 2 aromatic heterocycles. The average Bonchev–Trinajstić information content (AvgIpc) is 2.70. The number of hydrogen-bond acceptors (Lipinski definition) is 5. The summed E-state index contributed by atoms with van der Waals surface area (Å²) in [7, 11) is -3.11. The van der Waals surface area contributed by atoms with Crippen molar-refractivity contribution in [3.8, 4) is 0 Å². The van der Waals surface area contributed by atoms with Crippen molar-refractivity contribution in [2.75, 3.05) is 0 Å². The van der Waals surface area contributed by atoms with Gasteiger partial charge in [-0.05, 0) is 64.8 Å². The largest absolute Gasteiger partial charge is 0.425 e. The van der Waals surface area contributed by atoms with Crippen molar-refractivity contribution in [2.45, 2.75) is 41.5 Å². The molecule has 0 spiro atoms. The Kier molecular flexibility index (Phi) is 8.60. The van der Waals surface area contributed by atoms with Crippen LogP contribution in [0.1, 0.15) is 30.6 Å². The second kappa shape index (κ2) is 9.05. The van der Waals surface area contributed by atoms with E-state index in [1.165, 1.54) is 30.6 Å². The molecule has 0 aliphatic heterocycles. The average molecular weight is 333 g/mol. The van der Waals surface area contributed by atoms with Gasteiger partial charge in [-0.3, -0.25) is 0 Å². The highest BCUT2D eigenvalue weighted by Crippen LogP contribution is 2.19. The molecule has 6 heteroatoms. The van der Waals surface area contributed by atoms with E-state index in [0.29, 0.717) is 0 Å². The fraction of sp³-hybridized carbons (Fsp3) is 0.429. The molecule has 20 heavy (non-hydrogen) atoms. The molecule has 3 nitrogen and oxygen atoms in total. The van der Waals surface area contributed by atoms with Crippen LogP contribution >= 0.6 is 22.7 Å². The summed E-state index contributed by atoms with van der Waals surface area (Å²) in [5, 5.41) is 0. The minimum atomic E-state index is -3.11. The first-order valence-electron chi connectivity index (χ1n) is 5.97. The monoisotopic (exact) mass is 332 g/mol. The lowest BCUT2D eigenvalue weighted by atomic mass is 10.3. The lowest BCUT2D eigenvalue weighted by molar-refractivity contribution is 0.559. The number of thiophene rings is 2. The molecule has 0 saturated carbocycles. The second-order valence-corrected chi connectivity index (χ2v) is 7.73. The zero-order valence-electron chi connectivity index (χ0n) is 12.6. The van der Waals surface area contributed by atoms with Gasteiger partial charge in [-0.15, -0.1) is 35.3 Å². The molecular weight excluding hydrogens is 312 g/mol. The van der Waals surface area contributed by atoms with Gasteiger partial charge in [0.15, 0.2) is 0 Å². The molecule has 0 aromatic carbocycles. The SMILES string of the molecule is Cc1cc(C)c(C)s1.Cc1cc(C)c(C)s1.O=S(=O)=O. The summed E-state index contributed by atoms with van der Waals surface area (Å²) < 4.78 is 25.3. The van der Waals surface area contributed by atoms with Gasteiger partial charge < -0.3 is 0 Å². The molecule has 112 valence electrons. The predicted molar refractivity (Wildman–Crippen MR) is 86.8 cm³/mol. The Labute approximate surface area is 130 Å². The van der Waals surface area contributed by atoms with Crippen molar-refractivity contribution in [2.24, 2.45) is 0 Å². The third-order valence-corrected chi connectivity index (χ3v) is 4.71. The van der Waals surface area contributed by atoms with Crippen molar-refractivity contribution in [1.82, 2.24) is 0 Å². The summed E-state index contributed by atoms with van der Waals surface area (Å²) in [6, 6.07) is 4.44. The molecule has 0 aliphatic rings. The molecule has 0 radical (unpaired) electrons. The highest BCUT2D eigenvalue weighted by Gasteiger charge is 1.94. The molecule has 2 aromatic rings. The van der Waals surface area contributed by atoms with Crippen molar-refractivity contribution in [3.63, 3.8) is 0 Å². The quantitative estimate of drug-likeness (QED) is 0.721. The van der Waals surface area contributed by atoms with Crippen LogP contribution in [0, 0.1) is 41.5 Å². The highest BCUT2D eigenvalue weighted by molar-refractivity contribution is 7.59. The van der Waals surface area contributed by atoms with E-state index in [1.54, 1.807) is 0 Å². The summed E-state index contributed by atoms with van der Waals surface area (Å²) in [5.41, 5.74) is 2.85. The van der Waals surface area contributed by atoms with E-state index in [2.05, 4.69) is 53.7 Å². The van der Waals surface area contributed by atoms with Crippen molar-refractivity contribution in [1.29, 1.82) is 0 Å². The van der Waals surface area contributed by atoms with E-state index in [4.69, 9.17) is 12.6 Å². The Balaban J connectivity index is 0.000000289. The highest BCUT2D eigenvalue weighted by atomic mass is 32.2. The van der Waals surface area contributed by atoms with Crippen LogP contribution in [-0.4, -0.2) is 12.6 Å². The van der Waals surface area contributed by atoms with E-state index < -0.39 is 10.6 Å². The smallest absolute Gasteiger partial charge is 0.146 e. The molecule has 0 amide bonds. The van der Waals surface area contributed by atoms with Gasteiger partial charge in [-0.25, -0.2) is 0 Å². The lowest BCUT2D eigenvalue weighted by Gasteiger charge is -1.79. The maximum absolute atomic E-state index is 8.44. The van der Waals surface area contributed by atoms with Gasteiger partial charge >= 0.3 is 10.6 Å². The number of hydrogen-bond donors (Lipinski definition) is 0. The first kappa shape index (κ1) is 19.0. The standard InChI is InChI=1S/2C7H10S.O3S/c2*1-5-4-6(2)8-7(5)3;1-4(2)3/h2*4H,1-3H3;. The molecule has 0 saturated heterocycles. The predicted octanol–water partition coefficient (Wildman–Crippen LogP) is 4.34. The van der Waals surface area contributed by atoms with Gasteiger partial charge in [0.2, 0.25) is 0 Å². The van der Waals surface area contributed by atoms with Crippen LogP contribution in [0.15, 0.2) is 12.1 Å². The molecule has 0 bridgehead atoms. The van der Waals surface area contributed by atoms with Crippen molar-refractivity contribution < 1.29 is 12.6 Å². The summed E-state index contributed by atoms with van der Waals surface area (Å²) in [6.45, 7) is 12.9. The molecular formula is C14H20O3S3. The van der Waals surface area contributed by atoms with Gasteiger partial charge in [-0.2, -0.15) is 0 Å². The molecule has 0 unspecified atom stereocenters. The van der Waals surface area contributed by atoms with E-state index >= 15 is 0 Å². The maximum Gasteiger partial charge on any atom is 0.425 e. The third-order valence-electron chi connectivity index (χ3n) is 2.58. The fourth-order valence-electron chi connectivity index (χ4n) is 1.52. The Morgan fingerprint density at radius 2 is 0.950 bits per heavy atom. The van der Waals surface area contributed by atoms with Gasteiger partial charge in [0.1, 0.15) is 0 Å². The number of aryl methyl sites for hydroxylation is 6. The Bertz CT molecular complexity index is 559. The van der Waals surface area contributed by atoms with E-state index in [0.717, 1.165) is 0 Å². The molecule has 2 rings (SSSR count). The molecule has 0 atom stereocenters.